The van der Waals surface area contributed by atoms with Crippen molar-refractivity contribution in [1.82, 2.24) is 15.2 Å². The number of pyridine rings is 1. The van der Waals surface area contributed by atoms with E-state index in [4.69, 9.17) is 14.9 Å². The summed E-state index contributed by atoms with van der Waals surface area (Å²) in [6, 6.07) is 5.29. The highest BCUT2D eigenvalue weighted by Gasteiger charge is 2.33. The van der Waals surface area contributed by atoms with E-state index >= 15 is 0 Å². The number of aromatic nitrogens is 1. The minimum Gasteiger partial charge on any atom is -0.494 e. The van der Waals surface area contributed by atoms with Crippen molar-refractivity contribution in [3.63, 3.8) is 0 Å². The lowest BCUT2D eigenvalue weighted by Gasteiger charge is -2.32. The Morgan fingerprint density at radius 2 is 1.92 bits per heavy atom. The number of anilines is 1. The molecule has 2 amide bonds. The molecule has 2 aromatic rings. The summed E-state index contributed by atoms with van der Waals surface area (Å²) in [5, 5.41) is 11.3. The average molecular weight is 536 g/mol. The van der Waals surface area contributed by atoms with Crippen molar-refractivity contribution in [1.29, 1.82) is 5.41 Å². The van der Waals surface area contributed by atoms with E-state index in [-0.39, 0.29) is 35.2 Å². The number of hydrogen-bond acceptors (Lipinski definition) is 7. The second-order valence-corrected chi connectivity index (χ2v) is 10.8. The number of piperidine rings is 1. The fourth-order valence-corrected chi connectivity index (χ4v) is 5.05. The standard InChI is InChI=1S/C29H37N5O5/c1-7-39-22-14-18-15-33(27(30)24(18)32-25(22)28(37)31-5)16-21(35)17-12-19(29(2,3)4)26(38-6)20(13-17)34-11-9-8-10-23(34)36/h12-14,30H,7-11,15-16H2,1-6H3,(H,31,37). The Morgan fingerprint density at radius 1 is 1.18 bits per heavy atom. The SMILES string of the molecule is CCOc1cc2c(nc1C(=O)NC)C(=N)N(CC(=O)c1cc(N3CCCCC3=O)c(OC)c(C(C)(C)C)c1)C2. The number of amides is 2. The van der Waals surface area contributed by atoms with Gasteiger partial charge < -0.3 is 24.6 Å². The Balaban J connectivity index is 1.68. The van der Waals surface area contributed by atoms with Gasteiger partial charge in [0.1, 0.15) is 17.3 Å². The second-order valence-electron chi connectivity index (χ2n) is 10.8. The molecule has 1 aromatic carbocycles. The molecule has 0 aliphatic carbocycles. The van der Waals surface area contributed by atoms with Crippen molar-refractivity contribution in [2.24, 2.45) is 0 Å². The number of rotatable bonds is 8. The van der Waals surface area contributed by atoms with Gasteiger partial charge in [-0.05, 0) is 43.4 Å². The number of nitrogens with zero attached hydrogens (tertiary/aromatic N) is 3. The molecule has 1 aromatic heterocycles. The number of fused-ring (bicyclic) bond motifs is 1. The highest BCUT2D eigenvalue weighted by atomic mass is 16.5. The average Bonchev–Trinajstić information content (AvgIpc) is 3.20. The zero-order valence-corrected chi connectivity index (χ0v) is 23.6. The Labute approximate surface area is 229 Å². The van der Waals surface area contributed by atoms with Gasteiger partial charge >= 0.3 is 0 Å². The maximum Gasteiger partial charge on any atom is 0.273 e. The van der Waals surface area contributed by atoms with Crippen LogP contribution in [0, 0.1) is 5.41 Å². The molecule has 0 saturated carbocycles. The molecular weight excluding hydrogens is 498 g/mol. The number of hydrogen-bond donors (Lipinski definition) is 2. The molecule has 39 heavy (non-hydrogen) atoms. The number of amidine groups is 1. The number of carbonyl (C=O) groups is 3. The number of methoxy groups -OCH3 is 1. The van der Waals surface area contributed by atoms with Gasteiger partial charge in [0.15, 0.2) is 17.2 Å². The highest BCUT2D eigenvalue weighted by molar-refractivity contribution is 6.06. The summed E-state index contributed by atoms with van der Waals surface area (Å²) >= 11 is 0. The fourth-order valence-electron chi connectivity index (χ4n) is 5.05. The quantitative estimate of drug-likeness (QED) is 0.494. The zero-order chi connectivity index (χ0) is 28.5. The molecule has 1 saturated heterocycles. The first kappa shape index (κ1) is 28.1. The molecule has 4 rings (SSSR count). The van der Waals surface area contributed by atoms with Crippen molar-refractivity contribution in [2.45, 2.75) is 58.9 Å². The van der Waals surface area contributed by atoms with Gasteiger partial charge in [0.25, 0.3) is 5.91 Å². The van der Waals surface area contributed by atoms with Crippen LogP contribution in [-0.4, -0.2) is 67.2 Å². The topological polar surface area (TPSA) is 125 Å². The Hall–Kier alpha value is -3.95. The highest BCUT2D eigenvalue weighted by Crippen LogP contribution is 2.41. The van der Waals surface area contributed by atoms with Crippen molar-refractivity contribution >= 4 is 29.1 Å². The number of nitrogens with one attached hydrogen (secondary N) is 2. The third-order valence-corrected chi connectivity index (χ3v) is 7.06. The van der Waals surface area contributed by atoms with Crippen molar-refractivity contribution in [2.75, 3.05) is 38.8 Å². The summed E-state index contributed by atoms with van der Waals surface area (Å²) in [7, 11) is 3.10. The summed E-state index contributed by atoms with van der Waals surface area (Å²) in [6.07, 6.45) is 2.20. The molecule has 1 fully saturated rings. The van der Waals surface area contributed by atoms with E-state index in [2.05, 4.69) is 10.3 Å². The molecule has 208 valence electrons. The van der Waals surface area contributed by atoms with E-state index in [1.807, 2.05) is 33.8 Å². The largest absolute Gasteiger partial charge is 0.494 e. The van der Waals surface area contributed by atoms with Gasteiger partial charge in [-0.15, -0.1) is 0 Å². The molecule has 2 aliphatic heterocycles. The van der Waals surface area contributed by atoms with Gasteiger partial charge in [-0.2, -0.15) is 0 Å². The van der Waals surface area contributed by atoms with Crippen LogP contribution in [0.5, 0.6) is 11.5 Å². The van der Waals surface area contributed by atoms with Crippen LogP contribution < -0.4 is 19.7 Å². The van der Waals surface area contributed by atoms with E-state index in [1.165, 1.54) is 7.05 Å². The molecule has 0 bridgehead atoms. The molecule has 10 nitrogen and oxygen atoms in total. The van der Waals surface area contributed by atoms with Crippen molar-refractivity contribution < 1.29 is 23.9 Å². The van der Waals surface area contributed by atoms with E-state index in [0.717, 1.165) is 18.4 Å². The number of benzene rings is 1. The van der Waals surface area contributed by atoms with Gasteiger partial charge in [-0.1, -0.05) is 20.8 Å². The predicted molar refractivity (Wildman–Crippen MR) is 148 cm³/mol. The zero-order valence-electron chi connectivity index (χ0n) is 23.6. The molecule has 0 unspecified atom stereocenters. The smallest absolute Gasteiger partial charge is 0.273 e. The molecule has 2 N–H and O–H groups in total. The molecule has 0 spiro atoms. The van der Waals surface area contributed by atoms with Gasteiger partial charge in [0.2, 0.25) is 5.91 Å². The number of Topliss-reactive ketones (excluding diaryl/α,β-unsaturated/α-hetero) is 1. The summed E-state index contributed by atoms with van der Waals surface area (Å²) in [6.45, 7) is 9.11. The predicted octanol–water partition coefficient (Wildman–Crippen LogP) is 3.69. The lowest BCUT2D eigenvalue weighted by atomic mass is 9.84. The van der Waals surface area contributed by atoms with Crippen molar-refractivity contribution in [3.8, 4) is 11.5 Å². The maximum atomic E-state index is 13.7. The Bertz CT molecular complexity index is 1330. The number of ether oxygens (including phenoxy) is 2. The van der Waals surface area contributed by atoms with Crippen LogP contribution in [0.1, 0.15) is 84.6 Å². The first-order valence-electron chi connectivity index (χ1n) is 13.3. The monoisotopic (exact) mass is 535 g/mol. The summed E-state index contributed by atoms with van der Waals surface area (Å²) < 4.78 is 11.4. The van der Waals surface area contributed by atoms with Gasteiger partial charge in [0.05, 0.1) is 25.9 Å². The molecular formula is C29H37N5O5. The van der Waals surface area contributed by atoms with Crippen LogP contribution in [0.3, 0.4) is 0 Å². The number of carbonyl (C=O) groups excluding carboxylic acids is 3. The first-order chi connectivity index (χ1) is 18.5. The lowest BCUT2D eigenvalue weighted by Crippen LogP contribution is -2.36. The fraction of sp³-hybridized carbons (Fsp3) is 0.483. The molecule has 2 aliphatic rings. The lowest BCUT2D eigenvalue weighted by molar-refractivity contribution is -0.119. The molecule has 3 heterocycles. The van der Waals surface area contributed by atoms with E-state index in [1.54, 1.807) is 29.0 Å². The van der Waals surface area contributed by atoms with Crippen LogP contribution in [0.4, 0.5) is 5.69 Å². The molecule has 0 radical (unpaired) electrons. The first-order valence-corrected chi connectivity index (χ1v) is 13.3. The molecule has 10 heteroatoms. The van der Waals surface area contributed by atoms with Crippen LogP contribution in [-0.2, 0) is 16.8 Å². The minimum absolute atomic E-state index is 0.0175. The summed E-state index contributed by atoms with van der Waals surface area (Å²) in [5.74, 6) is 0.438. The Kier molecular flexibility index (Phi) is 7.94. The minimum atomic E-state index is -0.406. The van der Waals surface area contributed by atoms with E-state index in [0.29, 0.717) is 60.1 Å². The third kappa shape index (κ3) is 5.46. The van der Waals surface area contributed by atoms with E-state index in [9.17, 15) is 14.4 Å². The third-order valence-electron chi connectivity index (χ3n) is 7.06. The molecule has 0 atom stereocenters. The van der Waals surface area contributed by atoms with Crippen molar-refractivity contribution in [3.05, 3.63) is 46.3 Å². The van der Waals surface area contributed by atoms with Crippen LogP contribution in [0.15, 0.2) is 18.2 Å². The second kappa shape index (κ2) is 11.0. The maximum absolute atomic E-state index is 13.7. The van der Waals surface area contributed by atoms with Gasteiger partial charge in [-0.3, -0.25) is 19.8 Å². The van der Waals surface area contributed by atoms with Crippen LogP contribution >= 0.6 is 0 Å². The number of ketones is 1. The summed E-state index contributed by atoms with van der Waals surface area (Å²) in [4.78, 5) is 46.7. The van der Waals surface area contributed by atoms with E-state index < -0.39 is 5.91 Å². The Morgan fingerprint density at radius 3 is 2.54 bits per heavy atom. The normalized spacial score (nSPS) is 15.3. The van der Waals surface area contributed by atoms with Gasteiger partial charge in [-0.25, -0.2) is 4.98 Å². The van der Waals surface area contributed by atoms with Crippen LogP contribution in [0.25, 0.3) is 0 Å². The summed E-state index contributed by atoms with van der Waals surface area (Å²) in [5.41, 5.74) is 2.73. The van der Waals surface area contributed by atoms with Crippen LogP contribution in [0.2, 0.25) is 0 Å². The van der Waals surface area contributed by atoms with Gasteiger partial charge in [0, 0.05) is 43.2 Å².